The van der Waals surface area contributed by atoms with Crippen molar-refractivity contribution < 1.29 is 5.11 Å². The van der Waals surface area contributed by atoms with Gasteiger partial charge in [0.05, 0.1) is 30.5 Å². The van der Waals surface area contributed by atoms with Gasteiger partial charge in [0.1, 0.15) is 0 Å². The number of nitrogens with zero attached hydrogens (tertiary/aromatic N) is 4. The van der Waals surface area contributed by atoms with Crippen LogP contribution in [-0.4, -0.2) is 38.9 Å². The standard InChI is InChI=1S/C19H21ClN4O/c1-14(25)10-23-12-22(11-15-5-4-6-16(20)9-15)13-24-18-8-3-2-7-17(18)21-19(23)24/h2-9,14,25H,10-13H2,1H3/t14-/m1/s1. The van der Waals surface area contributed by atoms with Gasteiger partial charge >= 0.3 is 0 Å². The minimum absolute atomic E-state index is 0.417. The Labute approximate surface area is 152 Å². The van der Waals surface area contributed by atoms with E-state index in [9.17, 15) is 5.11 Å². The summed E-state index contributed by atoms with van der Waals surface area (Å²) in [6.07, 6.45) is -0.417. The van der Waals surface area contributed by atoms with Gasteiger partial charge in [0.25, 0.3) is 0 Å². The number of imidazole rings is 1. The molecular formula is C19H21ClN4O. The number of anilines is 1. The van der Waals surface area contributed by atoms with Gasteiger partial charge < -0.3 is 10.0 Å². The summed E-state index contributed by atoms with van der Waals surface area (Å²) in [6.45, 7) is 4.64. The molecule has 0 fully saturated rings. The quantitative estimate of drug-likeness (QED) is 0.779. The Hall–Kier alpha value is -2.08. The lowest BCUT2D eigenvalue weighted by molar-refractivity contribution is 0.159. The van der Waals surface area contributed by atoms with Crippen molar-refractivity contribution in [3.05, 3.63) is 59.1 Å². The number of β-amino-alcohol motifs (C(OH)–C–C–N with tert-alkyl or cyclic N) is 1. The monoisotopic (exact) mass is 356 g/mol. The van der Waals surface area contributed by atoms with E-state index in [0.717, 1.165) is 41.9 Å². The third kappa shape index (κ3) is 3.35. The van der Waals surface area contributed by atoms with E-state index in [4.69, 9.17) is 16.6 Å². The lowest BCUT2D eigenvalue weighted by Crippen LogP contribution is -2.47. The van der Waals surface area contributed by atoms with Gasteiger partial charge in [0, 0.05) is 18.1 Å². The number of benzene rings is 2. The Morgan fingerprint density at radius 2 is 2.00 bits per heavy atom. The van der Waals surface area contributed by atoms with E-state index in [0.29, 0.717) is 6.54 Å². The van der Waals surface area contributed by atoms with Crippen LogP contribution >= 0.6 is 11.6 Å². The maximum absolute atomic E-state index is 9.90. The third-order valence-electron chi connectivity index (χ3n) is 4.41. The van der Waals surface area contributed by atoms with Gasteiger partial charge in [-0.15, -0.1) is 0 Å². The molecule has 5 nitrogen and oxygen atoms in total. The first-order valence-corrected chi connectivity index (χ1v) is 8.83. The van der Waals surface area contributed by atoms with Crippen LogP contribution in [0.3, 0.4) is 0 Å². The molecule has 0 spiro atoms. The van der Waals surface area contributed by atoms with Crippen LogP contribution in [0.1, 0.15) is 12.5 Å². The van der Waals surface area contributed by atoms with E-state index >= 15 is 0 Å². The van der Waals surface area contributed by atoms with Crippen LogP contribution in [0.2, 0.25) is 5.02 Å². The fraction of sp³-hybridized carbons (Fsp3) is 0.316. The van der Waals surface area contributed by atoms with E-state index in [-0.39, 0.29) is 0 Å². The average Bonchev–Trinajstić information content (AvgIpc) is 2.94. The average molecular weight is 357 g/mol. The summed E-state index contributed by atoms with van der Waals surface area (Å²) in [4.78, 5) is 9.24. The first-order chi connectivity index (χ1) is 12.1. The Balaban J connectivity index is 1.68. The fourth-order valence-electron chi connectivity index (χ4n) is 3.44. The fourth-order valence-corrected chi connectivity index (χ4v) is 3.66. The highest BCUT2D eigenvalue weighted by Crippen LogP contribution is 2.28. The number of halogens is 1. The van der Waals surface area contributed by atoms with Gasteiger partial charge in [-0.05, 0) is 36.8 Å². The molecule has 0 radical (unpaired) electrons. The van der Waals surface area contributed by atoms with E-state index < -0.39 is 6.10 Å². The first kappa shape index (κ1) is 16.4. The number of rotatable bonds is 4. The summed E-state index contributed by atoms with van der Waals surface area (Å²) in [5.74, 6) is 0.921. The Morgan fingerprint density at radius 3 is 2.80 bits per heavy atom. The molecule has 2 aromatic carbocycles. The molecule has 1 aliphatic heterocycles. The Kier molecular flexibility index (Phi) is 4.37. The molecule has 0 aliphatic carbocycles. The zero-order valence-corrected chi connectivity index (χ0v) is 14.9. The first-order valence-electron chi connectivity index (χ1n) is 8.45. The molecule has 6 heteroatoms. The molecule has 0 unspecified atom stereocenters. The van der Waals surface area contributed by atoms with Crippen molar-refractivity contribution in [1.29, 1.82) is 0 Å². The molecule has 1 aliphatic rings. The molecule has 1 atom stereocenters. The van der Waals surface area contributed by atoms with Crippen molar-refractivity contribution in [2.75, 3.05) is 18.1 Å². The molecule has 2 heterocycles. The van der Waals surface area contributed by atoms with Gasteiger partial charge in [0.15, 0.2) is 0 Å². The van der Waals surface area contributed by atoms with E-state index in [1.165, 1.54) is 5.56 Å². The minimum Gasteiger partial charge on any atom is -0.392 e. The highest BCUT2D eigenvalue weighted by atomic mass is 35.5. The number of aliphatic hydroxyl groups excluding tert-OH is 1. The van der Waals surface area contributed by atoms with Gasteiger partial charge in [-0.25, -0.2) is 4.98 Å². The lowest BCUT2D eigenvalue weighted by Gasteiger charge is -2.37. The molecule has 4 rings (SSSR count). The molecule has 0 amide bonds. The van der Waals surface area contributed by atoms with Crippen LogP contribution in [0.5, 0.6) is 0 Å². The molecular weight excluding hydrogens is 336 g/mol. The summed E-state index contributed by atoms with van der Waals surface area (Å²) in [5.41, 5.74) is 3.28. The number of fused-ring (bicyclic) bond motifs is 3. The molecule has 25 heavy (non-hydrogen) atoms. The zero-order chi connectivity index (χ0) is 17.4. The number of aromatic nitrogens is 2. The van der Waals surface area contributed by atoms with Gasteiger partial charge in [-0.1, -0.05) is 35.9 Å². The van der Waals surface area contributed by atoms with Crippen LogP contribution < -0.4 is 4.90 Å². The number of hydrogen-bond donors (Lipinski definition) is 1. The van der Waals surface area contributed by atoms with Crippen LogP contribution in [0.15, 0.2) is 48.5 Å². The van der Waals surface area contributed by atoms with Crippen LogP contribution in [0.25, 0.3) is 11.0 Å². The number of para-hydroxylation sites is 2. The van der Waals surface area contributed by atoms with Crippen molar-refractivity contribution >= 4 is 28.6 Å². The third-order valence-corrected chi connectivity index (χ3v) is 4.64. The molecule has 0 saturated carbocycles. The molecule has 130 valence electrons. The van der Waals surface area contributed by atoms with Gasteiger partial charge in [0.2, 0.25) is 5.95 Å². The predicted molar refractivity (Wildman–Crippen MR) is 101 cm³/mol. The highest BCUT2D eigenvalue weighted by Gasteiger charge is 2.26. The van der Waals surface area contributed by atoms with Crippen molar-refractivity contribution in [2.45, 2.75) is 26.2 Å². The topological polar surface area (TPSA) is 44.5 Å². The summed E-state index contributed by atoms with van der Waals surface area (Å²) < 4.78 is 2.21. The zero-order valence-electron chi connectivity index (χ0n) is 14.1. The molecule has 0 saturated heterocycles. The molecule has 1 N–H and O–H groups in total. The SMILES string of the molecule is C[C@@H](O)CN1CN(Cc2cccc(Cl)c2)Cn2c1nc1ccccc12. The Morgan fingerprint density at radius 1 is 1.16 bits per heavy atom. The maximum Gasteiger partial charge on any atom is 0.208 e. The van der Waals surface area contributed by atoms with Crippen LogP contribution in [-0.2, 0) is 13.2 Å². The van der Waals surface area contributed by atoms with Crippen molar-refractivity contribution in [3.63, 3.8) is 0 Å². The largest absolute Gasteiger partial charge is 0.392 e. The normalized spacial score (nSPS) is 16.2. The second kappa shape index (κ2) is 6.67. The van der Waals surface area contributed by atoms with Gasteiger partial charge in [-0.3, -0.25) is 9.47 Å². The number of aliphatic hydroxyl groups is 1. The van der Waals surface area contributed by atoms with Crippen LogP contribution in [0, 0.1) is 0 Å². The van der Waals surface area contributed by atoms with Crippen molar-refractivity contribution in [3.8, 4) is 0 Å². The van der Waals surface area contributed by atoms with Gasteiger partial charge in [-0.2, -0.15) is 0 Å². The maximum atomic E-state index is 9.90. The van der Waals surface area contributed by atoms with Crippen LogP contribution in [0.4, 0.5) is 5.95 Å². The highest BCUT2D eigenvalue weighted by molar-refractivity contribution is 6.30. The van der Waals surface area contributed by atoms with Crippen molar-refractivity contribution in [1.82, 2.24) is 14.5 Å². The summed E-state index contributed by atoms with van der Waals surface area (Å²) in [7, 11) is 0. The molecule has 1 aromatic heterocycles. The second-order valence-corrected chi connectivity index (χ2v) is 7.08. The van der Waals surface area contributed by atoms with Crippen molar-refractivity contribution in [2.24, 2.45) is 0 Å². The van der Waals surface area contributed by atoms with E-state index in [1.807, 2.05) is 43.3 Å². The predicted octanol–water partition coefficient (Wildman–Crippen LogP) is 3.31. The summed E-state index contributed by atoms with van der Waals surface area (Å²) >= 11 is 6.12. The summed E-state index contributed by atoms with van der Waals surface area (Å²) in [5, 5.41) is 10.7. The smallest absolute Gasteiger partial charge is 0.208 e. The molecule has 0 bridgehead atoms. The van der Waals surface area contributed by atoms with E-state index in [2.05, 4.69) is 26.5 Å². The Bertz CT molecular complexity index is 892. The second-order valence-electron chi connectivity index (χ2n) is 6.64. The molecule has 3 aromatic rings. The lowest BCUT2D eigenvalue weighted by atomic mass is 10.2. The number of hydrogen-bond acceptors (Lipinski definition) is 4. The summed E-state index contributed by atoms with van der Waals surface area (Å²) in [6, 6.07) is 16.1. The minimum atomic E-state index is -0.417. The van der Waals surface area contributed by atoms with E-state index in [1.54, 1.807) is 0 Å².